The summed E-state index contributed by atoms with van der Waals surface area (Å²) in [5.41, 5.74) is 15.7. The molecule has 48 heavy (non-hydrogen) atoms. The van der Waals surface area contributed by atoms with Crippen molar-refractivity contribution >= 4 is 51.3 Å². The lowest BCUT2D eigenvalue weighted by Crippen LogP contribution is -2.49. The van der Waals surface area contributed by atoms with E-state index in [2.05, 4.69) is 50.3 Å². The molecule has 1 aromatic carbocycles. The third-order valence-electron chi connectivity index (χ3n) is 7.59. The lowest BCUT2D eigenvalue weighted by molar-refractivity contribution is 0.0500. The lowest BCUT2D eigenvalue weighted by atomic mass is 10.0. The van der Waals surface area contributed by atoms with Crippen molar-refractivity contribution < 1.29 is 9.53 Å². The van der Waals surface area contributed by atoms with E-state index in [4.69, 9.17) is 16.2 Å². The summed E-state index contributed by atoms with van der Waals surface area (Å²) >= 11 is 0. The average Bonchev–Trinajstić information content (AvgIpc) is 3.04. The third-order valence-corrected chi connectivity index (χ3v) is 7.59. The zero-order chi connectivity index (χ0) is 34.3. The number of nitrogens with two attached hydrogens (primary N) is 2. The summed E-state index contributed by atoms with van der Waals surface area (Å²) in [6, 6.07) is 13.9. The van der Waals surface area contributed by atoms with Gasteiger partial charge in [0.1, 0.15) is 41.2 Å². The molecule has 1 aliphatic rings. The van der Waals surface area contributed by atoms with Gasteiger partial charge >= 0.3 is 6.09 Å². The predicted molar refractivity (Wildman–Crippen MR) is 191 cm³/mol. The van der Waals surface area contributed by atoms with Crippen LogP contribution in [0.3, 0.4) is 0 Å². The highest BCUT2D eigenvalue weighted by atomic mass is 16.6. The SMILES string of the molecule is CC(C)(C)OC(=O)N[C@@H]1CCCN(c2ccc3ncnc(N)c3n2)C1.CN(C)CCNc1cc(-c2ccc3ncnc(N)c3c2)ccn1. The molecule has 5 aromatic rings. The first kappa shape index (κ1) is 34.0. The van der Waals surface area contributed by atoms with Crippen LogP contribution in [0.5, 0.6) is 0 Å². The number of anilines is 4. The number of amides is 1. The van der Waals surface area contributed by atoms with E-state index in [-0.39, 0.29) is 12.1 Å². The quantitative estimate of drug-likeness (QED) is 0.195. The third kappa shape index (κ3) is 9.12. The van der Waals surface area contributed by atoms with E-state index in [9.17, 15) is 4.79 Å². The molecule has 0 bridgehead atoms. The molecule has 0 aliphatic carbocycles. The number of fused-ring (bicyclic) bond motifs is 2. The Bertz CT molecular complexity index is 1860. The molecule has 4 aromatic heterocycles. The largest absolute Gasteiger partial charge is 0.444 e. The second kappa shape index (κ2) is 15.0. The second-order valence-electron chi connectivity index (χ2n) is 12.9. The Labute approximate surface area is 280 Å². The number of carbonyl (C=O) groups is 1. The van der Waals surface area contributed by atoms with E-state index in [1.165, 1.54) is 12.7 Å². The molecule has 252 valence electrons. The maximum atomic E-state index is 12.0. The minimum Gasteiger partial charge on any atom is -0.444 e. The van der Waals surface area contributed by atoms with Crippen molar-refractivity contribution in [1.29, 1.82) is 0 Å². The van der Waals surface area contributed by atoms with Gasteiger partial charge in [-0.05, 0) is 95.2 Å². The standard InChI is InChI=1S/C17H24N6O2.C17H20N6/c1-17(2,3)25-16(24)21-11-5-4-8-23(9-11)13-7-6-12-14(22-13)15(18)20-10-19-12;1-23(2)8-7-20-16-10-13(5-6-19-16)12-3-4-15-14(9-12)17(18)22-11-21-15/h6-7,10-11H,4-5,8-9H2,1-3H3,(H,21,24)(H2,18,19,20);3-6,9-11H,7-8H2,1-2H3,(H,19,20)(H2,18,21,22)/t11-;/m1./s1. The normalized spacial score (nSPS) is 14.8. The second-order valence-corrected chi connectivity index (χ2v) is 12.9. The molecule has 1 saturated heterocycles. The molecular weight excluding hydrogens is 608 g/mol. The maximum absolute atomic E-state index is 12.0. The first-order valence-corrected chi connectivity index (χ1v) is 15.9. The number of hydrogen-bond donors (Lipinski definition) is 4. The van der Waals surface area contributed by atoms with Gasteiger partial charge < -0.3 is 36.6 Å². The molecule has 0 unspecified atom stereocenters. The van der Waals surface area contributed by atoms with Crippen LogP contribution in [0.1, 0.15) is 33.6 Å². The number of likely N-dealkylation sites (N-methyl/N-ethyl adjacent to an activating group) is 1. The number of carbonyl (C=O) groups excluding carboxylic acids is 1. The molecule has 5 heterocycles. The summed E-state index contributed by atoms with van der Waals surface area (Å²) in [7, 11) is 4.10. The Balaban J connectivity index is 0.000000188. The smallest absolute Gasteiger partial charge is 0.407 e. The minimum absolute atomic E-state index is 0.0190. The summed E-state index contributed by atoms with van der Waals surface area (Å²) in [4.78, 5) is 41.7. The molecule has 1 aliphatic heterocycles. The zero-order valence-electron chi connectivity index (χ0n) is 28.1. The van der Waals surface area contributed by atoms with Crippen LogP contribution < -0.4 is 27.0 Å². The Morgan fingerprint density at radius 1 is 0.958 bits per heavy atom. The van der Waals surface area contributed by atoms with Crippen LogP contribution in [-0.4, -0.2) is 92.8 Å². The summed E-state index contributed by atoms with van der Waals surface area (Å²) in [6.07, 6.45) is 6.21. The van der Waals surface area contributed by atoms with Crippen LogP contribution in [0.2, 0.25) is 0 Å². The molecule has 0 spiro atoms. The number of alkyl carbamates (subject to hydrolysis) is 1. The number of hydrogen-bond acceptors (Lipinski definition) is 13. The van der Waals surface area contributed by atoms with Gasteiger partial charge in [0.25, 0.3) is 0 Å². The van der Waals surface area contributed by atoms with E-state index in [1.54, 1.807) is 0 Å². The van der Waals surface area contributed by atoms with Crippen LogP contribution in [0.4, 0.5) is 28.1 Å². The maximum Gasteiger partial charge on any atom is 0.407 e. The number of nitrogen functional groups attached to an aromatic ring is 2. The van der Waals surface area contributed by atoms with Crippen molar-refractivity contribution in [3.8, 4) is 11.1 Å². The predicted octanol–water partition coefficient (Wildman–Crippen LogP) is 4.35. The number of piperidine rings is 1. The Kier molecular flexibility index (Phi) is 10.6. The van der Waals surface area contributed by atoms with Crippen molar-refractivity contribution in [3.05, 3.63) is 61.3 Å². The highest BCUT2D eigenvalue weighted by molar-refractivity contribution is 5.91. The molecule has 0 saturated carbocycles. The topological polar surface area (TPSA) is 186 Å². The van der Waals surface area contributed by atoms with E-state index >= 15 is 0 Å². The molecule has 6 N–H and O–H groups in total. The lowest BCUT2D eigenvalue weighted by Gasteiger charge is -2.34. The minimum atomic E-state index is -0.504. The number of nitrogens with zero attached hydrogens (tertiary/aromatic N) is 8. The van der Waals surface area contributed by atoms with E-state index in [0.717, 1.165) is 71.7 Å². The fraction of sp³-hybridized carbons (Fsp3) is 0.382. The Morgan fingerprint density at radius 3 is 2.46 bits per heavy atom. The van der Waals surface area contributed by atoms with Crippen LogP contribution in [-0.2, 0) is 4.74 Å². The van der Waals surface area contributed by atoms with Crippen molar-refractivity contribution in [3.63, 3.8) is 0 Å². The van der Waals surface area contributed by atoms with Gasteiger partial charge in [-0.2, -0.15) is 0 Å². The zero-order valence-corrected chi connectivity index (χ0v) is 28.1. The van der Waals surface area contributed by atoms with Crippen molar-refractivity contribution in [2.24, 2.45) is 0 Å². The van der Waals surface area contributed by atoms with Crippen molar-refractivity contribution in [2.75, 3.05) is 62.0 Å². The monoisotopic (exact) mass is 652 g/mol. The number of pyridine rings is 2. The molecule has 1 amide bonds. The molecule has 1 atom stereocenters. The molecular formula is C34H44N12O2. The van der Waals surface area contributed by atoms with E-state index < -0.39 is 5.60 Å². The average molecular weight is 653 g/mol. The van der Waals surface area contributed by atoms with Gasteiger partial charge in [0.05, 0.1) is 11.0 Å². The number of nitrogens with one attached hydrogen (secondary N) is 2. The molecule has 14 nitrogen and oxygen atoms in total. The van der Waals surface area contributed by atoms with E-state index in [0.29, 0.717) is 23.7 Å². The van der Waals surface area contributed by atoms with E-state index in [1.807, 2.05) is 83.5 Å². The Hall–Kier alpha value is -5.37. The highest BCUT2D eigenvalue weighted by Gasteiger charge is 2.25. The summed E-state index contributed by atoms with van der Waals surface area (Å²) in [6.45, 7) is 8.91. The van der Waals surface area contributed by atoms with Gasteiger partial charge in [0, 0.05) is 43.8 Å². The summed E-state index contributed by atoms with van der Waals surface area (Å²) in [5, 5.41) is 7.14. The molecule has 6 rings (SSSR count). The molecule has 0 radical (unpaired) electrons. The highest BCUT2D eigenvalue weighted by Crippen LogP contribution is 2.27. The first-order valence-electron chi connectivity index (χ1n) is 15.9. The van der Waals surface area contributed by atoms with Gasteiger partial charge in [0.15, 0.2) is 5.82 Å². The number of rotatable bonds is 7. The van der Waals surface area contributed by atoms with Crippen LogP contribution in [0.25, 0.3) is 33.1 Å². The first-order chi connectivity index (χ1) is 22.9. The fourth-order valence-electron chi connectivity index (χ4n) is 5.27. The Morgan fingerprint density at radius 2 is 1.69 bits per heavy atom. The van der Waals surface area contributed by atoms with Gasteiger partial charge in [0.2, 0.25) is 0 Å². The van der Waals surface area contributed by atoms with Crippen LogP contribution in [0.15, 0.2) is 61.3 Å². The fourth-order valence-corrected chi connectivity index (χ4v) is 5.27. The van der Waals surface area contributed by atoms with Crippen LogP contribution in [0, 0.1) is 0 Å². The van der Waals surface area contributed by atoms with Crippen molar-refractivity contribution in [2.45, 2.75) is 45.3 Å². The number of benzene rings is 1. The van der Waals surface area contributed by atoms with Crippen molar-refractivity contribution in [1.82, 2.24) is 40.1 Å². The van der Waals surface area contributed by atoms with Gasteiger partial charge in [-0.3, -0.25) is 0 Å². The summed E-state index contributed by atoms with van der Waals surface area (Å²) in [5.74, 6) is 2.54. The number of aromatic nitrogens is 6. The number of ether oxygens (including phenoxy) is 1. The van der Waals surface area contributed by atoms with Crippen LogP contribution >= 0.6 is 0 Å². The molecule has 1 fully saturated rings. The van der Waals surface area contributed by atoms with Gasteiger partial charge in [-0.25, -0.2) is 34.7 Å². The summed E-state index contributed by atoms with van der Waals surface area (Å²) < 4.78 is 5.34. The van der Waals surface area contributed by atoms with Gasteiger partial charge in [-0.15, -0.1) is 0 Å². The molecule has 14 heteroatoms. The van der Waals surface area contributed by atoms with Gasteiger partial charge in [-0.1, -0.05) is 6.07 Å².